The number of hydrogen-bond donors (Lipinski definition) is 2. The van der Waals surface area contributed by atoms with Crippen molar-refractivity contribution in [3.8, 4) is 0 Å². The molecule has 0 heterocycles. The number of halogens is 1. The van der Waals surface area contributed by atoms with Crippen molar-refractivity contribution in [1.82, 2.24) is 4.90 Å². The molecule has 0 saturated heterocycles. The molecule has 0 bridgehead atoms. The second-order valence-electron chi connectivity index (χ2n) is 11.3. The van der Waals surface area contributed by atoms with Crippen LogP contribution in [0.4, 0.5) is 4.39 Å². The number of oxime groups is 1. The van der Waals surface area contributed by atoms with Crippen LogP contribution in [0.3, 0.4) is 0 Å². The Kier molecular flexibility index (Phi) is 9.89. The lowest BCUT2D eigenvalue weighted by Crippen LogP contribution is -2.49. The number of benzene rings is 5. The minimum absolute atomic E-state index is 0.312. The Hall–Kier alpha value is -4.62. The topological polar surface area (TPSA) is 65.3 Å². The summed E-state index contributed by atoms with van der Waals surface area (Å²) >= 11 is 0. The SMILES string of the molecule is CCC(N(C)C)C(O)(c1ccc(F)cc1)c1ccc(C=NOC(c2ccccc2)(c2ccccc2)c2ccccc2)cc1CO. The monoisotopic (exact) mass is 602 g/mol. The summed E-state index contributed by atoms with van der Waals surface area (Å²) < 4.78 is 13.9. The first kappa shape index (κ1) is 31.8. The molecule has 0 aromatic heterocycles. The van der Waals surface area contributed by atoms with Crippen LogP contribution >= 0.6 is 0 Å². The number of hydrogen-bond acceptors (Lipinski definition) is 5. The van der Waals surface area contributed by atoms with Gasteiger partial charge in [0.15, 0.2) is 0 Å². The first-order valence-corrected chi connectivity index (χ1v) is 15.1. The molecule has 5 aromatic carbocycles. The van der Waals surface area contributed by atoms with Crippen LogP contribution in [0.2, 0.25) is 0 Å². The third-order valence-corrected chi connectivity index (χ3v) is 8.42. The molecule has 0 amide bonds. The minimum Gasteiger partial charge on any atom is -0.392 e. The van der Waals surface area contributed by atoms with E-state index in [1.165, 1.54) is 12.1 Å². The summed E-state index contributed by atoms with van der Waals surface area (Å²) in [4.78, 5) is 8.49. The van der Waals surface area contributed by atoms with Crippen LogP contribution in [0, 0.1) is 5.82 Å². The predicted molar refractivity (Wildman–Crippen MR) is 177 cm³/mol. The van der Waals surface area contributed by atoms with Gasteiger partial charge in [-0.15, -0.1) is 0 Å². The summed E-state index contributed by atoms with van der Waals surface area (Å²) in [5.74, 6) is -0.384. The molecule has 0 radical (unpaired) electrons. The second-order valence-corrected chi connectivity index (χ2v) is 11.3. The fourth-order valence-corrected chi connectivity index (χ4v) is 6.31. The van der Waals surface area contributed by atoms with Gasteiger partial charge in [0, 0.05) is 22.7 Å². The van der Waals surface area contributed by atoms with Gasteiger partial charge in [-0.05, 0) is 61.0 Å². The minimum atomic E-state index is -1.51. The van der Waals surface area contributed by atoms with Gasteiger partial charge in [0.25, 0.3) is 0 Å². The van der Waals surface area contributed by atoms with Crippen LogP contribution in [0.1, 0.15) is 52.3 Å². The fraction of sp³-hybridized carbons (Fsp3) is 0.205. The maximum absolute atomic E-state index is 13.9. The molecule has 5 aromatic rings. The van der Waals surface area contributed by atoms with Crippen molar-refractivity contribution in [1.29, 1.82) is 0 Å². The Bertz CT molecular complexity index is 1600. The lowest BCUT2D eigenvalue weighted by molar-refractivity contribution is -0.00639. The van der Waals surface area contributed by atoms with Crippen molar-refractivity contribution in [2.45, 2.75) is 37.2 Å². The maximum Gasteiger partial charge on any atom is 0.212 e. The number of rotatable bonds is 12. The highest BCUT2D eigenvalue weighted by Gasteiger charge is 2.42. The van der Waals surface area contributed by atoms with Crippen molar-refractivity contribution in [2.75, 3.05) is 14.1 Å². The highest BCUT2D eigenvalue weighted by atomic mass is 19.1. The van der Waals surface area contributed by atoms with Crippen LogP contribution in [-0.4, -0.2) is 41.5 Å². The lowest BCUT2D eigenvalue weighted by atomic mass is 9.76. The summed E-state index contributed by atoms with van der Waals surface area (Å²) in [6, 6.07) is 40.9. The van der Waals surface area contributed by atoms with Gasteiger partial charge in [0.2, 0.25) is 5.60 Å². The summed E-state index contributed by atoms with van der Waals surface area (Å²) in [5, 5.41) is 27.5. The predicted octanol–water partition coefficient (Wildman–Crippen LogP) is 7.24. The van der Waals surface area contributed by atoms with Gasteiger partial charge in [0.05, 0.1) is 12.8 Å². The van der Waals surface area contributed by atoms with Crippen LogP contribution in [0.15, 0.2) is 139 Å². The first-order chi connectivity index (χ1) is 21.8. The molecule has 0 spiro atoms. The highest BCUT2D eigenvalue weighted by molar-refractivity contribution is 5.80. The molecule has 45 heavy (non-hydrogen) atoms. The molecule has 0 fully saturated rings. The standard InChI is InChI=1S/C39H39FN2O3/c1-4-37(42(2)3)38(44,31-21-23-35(40)24-22-31)36-25-20-29(26-30(36)28-43)27-41-45-39(32-14-8-5-9-15-32,33-16-10-6-11-17-33)34-18-12-7-13-19-34/h5-27,37,43-44H,4,28H2,1-3H3. The van der Waals surface area contributed by atoms with Crippen LogP contribution in [0.5, 0.6) is 0 Å². The zero-order valence-corrected chi connectivity index (χ0v) is 25.8. The van der Waals surface area contributed by atoms with Gasteiger partial charge < -0.3 is 20.0 Å². The van der Waals surface area contributed by atoms with E-state index < -0.39 is 11.2 Å². The zero-order valence-electron chi connectivity index (χ0n) is 25.8. The molecule has 5 rings (SSSR count). The van der Waals surface area contributed by atoms with E-state index in [2.05, 4.69) is 5.16 Å². The molecule has 0 aliphatic rings. The maximum atomic E-state index is 13.9. The van der Waals surface area contributed by atoms with E-state index in [1.54, 1.807) is 30.5 Å². The Labute approximate surface area is 264 Å². The summed E-state index contributed by atoms with van der Waals surface area (Å²) in [6.07, 6.45) is 2.23. The Balaban J connectivity index is 1.58. The van der Waals surface area contributed by atoms with Gasteiger partial charge in [-0.2, -0.15) is 0 Å². The molecular formula is C39H39FN2O3. The van der Waals surface area contributed by atoms with E-state index in [0.717, 1.165) is 16.7 Å². The smallest absolute Gasteiger partial charge is 0.212 e. The molecule has 2 unspecified atom stereocenters. The molecule has 2 atom stereocenters. The number of aliphatic hydroxyl groups excluding tert-OH is 1. The van der Waals surface area contributed by atoms with E-state index >= 15 is 0 Å². The van der Waals surface area contributed by atoms with Crippen molar-refractivity contribution in [3.05, 3.63) is 178 Å². The lowest BCUT2D eigenvalue weighted by Gasteiger charge is -2.41. The van der Waals surface area contributed by atoms with Gasteiger partial charge in [0.1, 0.15) is 11.4 Å². The first-order valence-electron chi connectivity index (χ1n) is 15.1. The molecule has 230 valence electrons. The molecule has 0 aliphatic carbocycles. The third kappa shape index (κ3) is 6.31. The molecule has 2 N–H and O–H groups in total. The number of aliphatic hydroxyl groups is 2. The van der Waals surface area contributed by atoms with Gasteiger partial charge >= 0.3 is 0 Å². The van der Waals surface area contributed by atoms with Crippen molar-refractivity contribution in [3.63, 3.8) is 0 Å². The summed E-state index contributed by atoms with van der Waals surface area (Å²) in [7, 11) is 3.80. The molecule has 0 aliphatic heterocycles. The van der Waals surface area contributed by atoms with E-state index in [-0.39, 0.29) is 18.5 Å². The second kappa shape index (κ2) is 14.0. The van der Waals surface area contributed by atoms with Crippen LogP contribution in [-0.2, 0) is 22.6 Å². The third-order valence-electron chi connectivity index (χ3n) is 8.42. The van der Waals surface area contributed by atoms with Crippen molar-refractivity contribution < 1.29 is 19.4 Å². The average Bonchev–Trinajstić information content (AvgIpc) is 3.08. The quantitative estimate of drug-likeness (QED) is 0.0898. The fourth-order valence-electron chi connectivity index (χ4n) is 6.31. The summed E-state index contributed by atoms with van der Waals surface area (Å²) in [6.45, 7) is 1.68. The normalized spacial score (nSPS) is 13.9. The molecule has 0 saturated carbocycles. The van der Waals surface area contributed by atoms with E-state index in [4.69, 9.17) is 4.84 Å². The van der Waals surface area contributed by atoms with E-state index in [0.29, 0.717) is 28.7 Å². The van der Waals surface area contributed by atoms with Gasteiger partial charge in [-0.25, -0.2) is 4.39 Å². The van der Waals surface area contributed by atoms with E-state index in [1.807, 2.05) is 123 Å². The van der Waals surface area contributed by atoms with Gasteiger partial charge in [-0.3, -0.25) is 0 Å². The van der Waals surface area contributed by atoms with Crippen molar-refractivity contribution >= 4 is 6.21 Å². The Morgan fingerprint density at radius 1 is 0.756 bits per heavy atom. The Morgan fingerprint density at radius 2 is 1.27 bits per heavy atom. The van der Waals surface area contributed by atoms with Gasteiger partial charge in [-0.1, -0.05) is 127 Å². The Morgan fingerprint density at radius 3 is 1.71 bits per heavy atom. The molecule has 5 nitrogen and oxygen atoms in total. The van der Waals surface area contributed by atoms with E-state index in [9.17, 15) is 14.6 Å². The molecule has 6 heteroatoms. The number of nitrogens with zero attached hydrogens (tertiary/aromatic N) is 2. The zero-order chi connectivity index (χ0) is 31.9. The average molecular weight is 603 g/mol. The van der Waals surface area contributed by atoms with Crippen LogP contribution in [0.25, 0.3) is 0 Å². The highest BCUT2D eigenvalue weighted by Crippen LogP contribution is 2.41. The molecular weight excluding hydrogens is 563 g/mol. The largest absolute Gasteiger partial charge is 0.392 e. The van der Waals surface area contributed by atoms with Crippen LogP contribution < -0.4 is 0 Å². The number of likely N-dealkylation sites (N-methyl/N-ethyl adjacent to an activating group) is 1. The van der Waals surface area contributed by atoms with Crippen molar-refractivity contribution in [2.24, 2.45) is 5.16 Å². The summed E-state index contributed by atoms with van der Waals surface area (Å²) in [5.41, 5.74) is 2.53.